The van der Waals surface area contributed by atoms with Crippen molar-refractivity contribution in [2.75, 3.05) is 13.2 Å². The van der Waals surface area contributed by atoms with E-state index >= 15 is 0 Å². The summed E-state index contributed by atoms with van der Waals surface area (Å²) in [6, 6.07) is 17.2. The molecule has 6 nitrogen and oxygen atoms in total. The van der Waals surface area contributed by atoms with Crippen LogP contribution < -0.4 is 15.8 Å². The van der Waals surface area contributed by atoms with Crippen LogP contribution in [0.25, 0.3) is 27.8 Å². The van der Waals surface area contributed by atoms with E-state index in [-0.39, 0.29) is 6.04 Å². The van der Waals surface area contributed by atoms with Gasteiger partial charge in [-0.1, -0.05) is 6.07 Å². The highest BCUT2D eigenvalue weighted by atomic mass is 16.5. The molecule has 0 saturated carbocycles. The van der Waals surface area contributed by atoms with Crippen LogP contribution in [0.1, 0.15) is 31.4 Å². The molecule has 4 aromatic rings. The topological polar surface area (TPSA) is 78.0 Å². The van der Waals surface area contributed by atoms with Gasteiger partial charge in [0, 0.05) is 23.5 Å². The molecule has 0 aliphatic carbocycles. The predicted octanol–water partition coefficient (Wildman–Crippen LogP) is 3.72. The zero-order chi connectivity index (χ0) is 19.8. The van der Waals surface area contributed by atoms with Gasteiger partial charge in [0.25, 0.3) is 0 Å². The van der Waals surface area contributed by atoms with Gasteiger partial charge < -0.3 is 15.8 Å². The Morgan fingerprint density at radius 3 is 2.93 bits per heavy atom. The number of ether oxygens (including phenoxy) is 1. The summed E-state index contributed by atoms with van der Waals surface area (Å²) in [7, 11) is 0. The molecule has 2 atom stereocenters. The molecule has 0 amide bonds. The van der Waals surface area contributed by atoms with E-state index in [0.29, 0.717) is 12.6 Å². The molecule has 0 spiro atoms. The lowest BCUT2D eigenvalue weighted by Crippen LogP contribution is -2.38. The van der Waals surface area contributed by atoms with Gasteiger partial charge in [0.1, 0.15) is 17.9 Å². The van der Waals surface area contributed by atoms with Crippen LogP contribution in [0.15, 0.2) is 54.9 Å². The van der Waals surface area contributed by atoms with Crippen LogP contribution in [0.2, 0.25) is 0 Å². The average Bonchev–Trinajstić information content (AvgIpc) is 3.16. The molecule has 5 rings (SSSR count). The standard InChI is InChI=1S/C23H25N5O/c1-2-29-18-5-7-22-21(13-18)26-14-28(22)23-8-4-15-11-16(3-6-19(15)27-23)20-12-17(24)9-10-25-20/h3-8,11,13-14,17,20,25H,2,9-10,12,24H2,1H3. The summed E-state index contributed by atoms with van der Waals surface area (Å²) in [4.78, 5) is 9.40. The minimum Gasteiger partial charge on any atom is -0.494 e. The van der Waals surface area contributed by atoms with Gasteiger partial charge in [0.2, 0.25) is 0 Å². The minimum atomic E-state index is 0.273. The summed E-state index contributed by atoms with van der Waals surface area (Å²) in [5.74, 6) is 1.69. The average molecular weight is 387 g/mol. The number of hydrogen-bond acceptors (Lipinski definition) is 5. The molecule has 0 bridgehead atoms. The van der Waals surface area contributed by atoms with Crippen molar-refractivity contribution in [2.24, 2.45) is 5.73 Å². The zero-order valence-corrected chi connectivity index (χ0v) is 16.5. The van der Waals surface area contributed by atoms with Gasteiger partial charge in [-0.05, 0) is 68.3 Å². The molecule has 29 heavy (non-hydrogen) atoms. The highest BCUT2D eigenvalue weighted by Gasteiger charge is 2.20. The van der Waals surface area contributed by atoms with Crippen LogP contribution in [-0.4, -0.2) is 33.7 Å². The molecule has 2 aromatic heterocycles. The number of nitrogens with zero attached hydrogens (tertiary/aromatic N) is 3. The largest absolute Gasteiger partial charge is 0.494 e. The van der Waals surface area contributed by atoms with E-state index in [4.69, 9.17) is 15.5 Å². The Bertz CT molecular complexity index is 1170. The number of fused-ring (bicyclic) bond motifs is 2. The number of piperidine rings is 1. The van der Waals surface area contributed by atoms with Gasteiger partial charge >= 0.3 is 0 Å². The molecule has 6 heteroatoms. The first-order chi connectivity index (χ1) is 14.2. The number of benzene rings is 2. The number of aromatic nitrogens is 3. The van der Waals surface area contributed by atoms with Crippen LogP contribution >= 0.6 is 0 Å². The third-order valence-corrected chi connectivity index (χ3v) is 5.62. The van der Waals surface area contributed by atoms with Gasteiger partial charge in [-0.15, -0.1) is 0 Å². The van der Waals surface area contributed by atoms with Crippen molar-refractivity contribution in [2.45, 2.75) is 31.8 Å². The number of pyridine rings is 1. The summed E-state index contributed by atoms with van der Waals surface area (Å²) in [5, 5.41) is 4.71. The summed E-state index contributed by atoms with van der Waals surface area (Å²) < 4.78 is 7.59. The Hall–Kier alpha value is -2.96. The molecule has 1 aliphatic heterocycles. The first-order valence-electron chi connectivity index (χ1n) is 10.2. The van der Waals surface area contributed by atoms with Gasteiger partial charge in [-0.2, -0.15) is 0 Å². The fourth-order valence-corrected chi connectivity index (χ4v) is 4.12. The van der Waals surface area contributed by atoms with Crippen molar-refractivity contribution in [3.8, 4) is 11.6 Å². The number of rotatable bonds is 4. The lowest BCUT2D eigenvalue weighted by Gasteiger charge is -2.28. The maximum Gasteiger partial charge on any atom is 0.139 e. The first-order valence-corrected chi connectivity index (χ1v) is 10.2. The molecule has 3 heterocycles. The maximum atomic E-state index is 6.15. The Morgan fingerprint density at radius 1 is 1.14 bits per heavy atom. The number of hydrogen-bond donors (Lipinski definition) is 2. The van der Waals surface area contributed by atoms with Crippen molar-refractivity contribution in [3.63, 3.8) is 0 Å². The van der Waals surface area contributed by atoms with E-state index in [1.54, 1.807) is 0 Å². The van der Waals surface area contributed by atoms with E-state index < -0.39 is 0 Å². The Morgan fingerprint density at radius 2 is 2.07 bits per heavy atom. The minimum absolute atomic E-state index is 0.273. The molecule has 1 fully saturated rings. The third-order valence-electron chi connectivity index (χ3n) is 5.62. The Labute approximate surface area is 169 Å². The highest BCUT2D eigenvalue weighted by molar-refractivity contribution is 5.82. The summed E-state index contributed by atoms with van der Waals surface area (Å²) in [5.41, 5.74) is 10.3. The first kappa shape index (κ1) is 18.1. The second kappa shape index (κ2) is 7.46. The summed E-state index contributed by atoms with van der Waals surface area (Å²) in [6.07, 6.45) is 3.83. The predicted molar refractivity (Wildman–Crippen MR) is 115 cm³/mol. The maximum absolute atomic E-state index is 6.15. The van der Waals surface area contributed by atoms with Gasteiger partial charge in [0.05, 0.1) is 23.2 Å². The third kappa shape index (κ3) is 3.45. The molecule has 148 valence electrons. The molecular weight excluding hydrogens is 362 g/mol. The molecule has 0 radical (unpaired) electrons. The van der Waals surface area contributed by atoms with Gasteiger partial charge in [-0.3, -0.25) is 4.57 Å². The molecule has 1 aliphatic rings. The number of nitrogens with two attached hydrogens (primary N) is 1. The highest BCUT2D eigenvalue weighted by Crippen LogP contribution is 2.27. The van der Waals surface area contributed by atoms with E-state index in [2.05, 4.69) is 34.6 Å². The second-order valence-electron chi connectivity index (χ2n) is 7.61. The van der Waals surface area contributed by atoms with Crippen molar-refractivity contribution in [1.82, 2.24) is 19.9 Å². The zero-order valence-electron chi connectivity index (χ0n) is 16.5. The lowest BCUT2D eigenvalue weighted by atomic mass is 9.93. The Kier molecular flexibility index (Phi) is 4.66. The molecule has 3 N–H and O–H groups in total. The van der Waals surface area contributed by atoms with Crippen LogP contribution in [0, 0.1) is 0 Å². The van der Waals surface area contributed by atoms with Crippen LogP contribution in [0.4, 0.5) is 0 Å². The van der Waals surface area contributed by atoms with E-state index in [0.717, 1.165) is 52.9 Å². The normalized spacial score (nSPS) is 19.7. The Balaban J connectivity index is 1.48. The fourth-order valence-electron chi connectivity index (χ4n) is 4.12. The molecular formula is C23H25N5O. The smallest absolute Gasteiger partial charge is 0.139 e. The van der Waals surface area contributed by atoms with Crippen molar-refractivity contribution in [1.29, 1.82) is 0 Å². The molecule has 2 aromatic carbocycles. The lowest BCUT2D eigenvalue weighted by molar-refractivity contribution is 0.340. The number of imidazole rings is 1. The van der Waals surface area contributed by atoms with Gasteiger partial charge in [-0.25, -0.2) is 9.97 Å². The van der Waals surface area contributed by atoms with Crippen LogP contribution in [0.5, 0.6) is 5.75 Å². The van der Waals surface area contributed by atoms with Crippen LogP contribution in [0.3, 0.4) is 0 Å². The van der Waals surface area contributed by atoms with Crippen molar-refractivity contribution >= 4 is 21.9 Å². The van der Waals surface area contributed by atoms with Gasteiger partial charge in [0.15, 0.2) is 0 Å². The van der Waals surface area contributed by atoms with Crippen molar-refractivity contribution < 1.29 is 4.74 Å². The van der Waals surface area contributed by atoms with Crippen molar-refractivity contribution in [3.05, 3.63) is 60.4 Å². The van der Waals surface area contributed by atoms with Crippen LogP contribution in [-0.2, 0) is 0 Å². The quantitative estimate of drug-likeness (QED) is 0.558. The van der Waals surface area contributed by atoms with E-state index in [9.17, 15) is 0 Å². The summed E-state index contributed by atoms with van der Waals surface area (Å²) >= 11 is 0. The summed E-state index contributed by atoms with van der Waals surface area (Å²) in [6.45, 7) is 3.59. The van der Waals surface area contributed by atoms with E-state index in [1.165, 1.54) is 5.56 Å². The fraction of sp³-hybridized carbons (Fsp3) is 0.304. The number of nitrogens with one attached hydrogen (secondary N) is 1. The SMILES string of the molecule is CCOc1ccc2c(c1)ncn2-c1ccc2cc(C3CC(N)CCN3)ccc2n1. The molecule has 2 unspecified atom stereocenters. The second-order valence-corrected chi connectivity index (χ2v) is 7.61. The monoisotopic (exact) mass is 387 g/mol. The molecule has 1 saturated heterocycles. The van der Waals surface area contributed by atoms with E-state index in [1.807, 2.05) is 42.1 Å².